The van der Waals surface area contributed by atoms with Crippen LogP contribution in [-0.4, -0.2) is 14.5 Å². The number of hydrogen-bond acceptors (Lipinski definition) is 3. The van der Waals surface area contributed by atoms with Crippen molar-refractivity contribution in [2.75, 3.05) is 0 Å². The number of para-hydroxylation sites is 2. The summed E-state index contributed by atoms with van der Waals surface area (Å²) in [5, 5.41) is 0. The van der Waals surface area contributed by atoms with Gasteiger partial charge in [-0.1, -0.05) is 119 Å². The van der Waals surface area contributed by atoms with E-state index in [0.29, 0.717) is 33.9 Å². The topological polar surface area (TPSA) is 39.9 Å². The zero-order chi connectivity index (χ0) is 42.3. The van der Waals surface area contributed by atoms with Gasteiger partial charge in [0.2, 0.25) is 0 Å². The second-order valence-corrected chi connectivity index (χ2v) is 14.3. The summed E-state index contributed by atoms with van der Waals surface area (Å²) in [7, 11) is 0. The fraction of sp³-hybridized carbons (Fsp3) is 0.160. The van der Waals surface area contributed by atoms with Crippen molar-refractivity contribution in [3.05, 3.63) is 174 Å². The van der Waals surface area contributed by atoms with Gasteiger partial charge in [-0.25, -0.2) is 4.98 Å². The van der Waals surface area contributed by atoms with Crippen LogP contribution in [0.3, 0.4) is 0 Å². The first-order chi connectivity index (χ1) is 28.7. The van der Waals surface area contributed by atoms with Crippen molar-refractivity contribution >= 4 is 11.0 Å². The molecule has 0 saturated heterocycles. The molecule has 0 aliphatic heterocycles. The van der Waals surface area contributed by atoms with Crippen LogP contribution in [0.4, 0.5) is 0 Å². The first-order valence-electron chi connectivity index (χ1n) is 21.4. The molecule has 0 atom stereocenters. The molecule has 4 nitrogen and oxygen atoms in total. The van der Waals surface area contributed by atoms with Gasteiger partial charge in [-0.2, -0.15) is 0 Å². The van der Waals surface area contributed by atoms with E-state index in [9.17, 15) is 0 Å². The van der Waals surface area contributed by atoms with Crippen LogP contribution < -0.4 is 4.74 Å². The predicted molar refractivity (Wildman–Crippen MR) is 225 cm³/mol. The molecule has 2 aromatic heterocycles. The highest BCUT2D eigenvalue weighted by Gasteiger charge is 2.24. The van der Waals surface area contributed by atoms with E-state index in [1.54, 1.807) is 18.2 Å². The first-order valence-corrected chi connectivity index (χ1v) is 18.4. The Hall–Kier alpha value is -6.26. The molecule has 0 saturated carbocycles. The molecule has 0 aliphatic carbocycles. The minimum Gasteiger partial charge on any atom is -0.457 e. The van der Waals surface area contributed by atoms with Gasteiger partial charge in [-0.05, 0) is 125 Å². The SMILES string of the molecule is [2H]C([2H])([2H])c1cnc(-c2cc(Oc3cccc(-c4nc5ccccc5n4-c4c(C(C)C)cc(-c5ccccc5)cc4C(C)C)c3)ccc2C([2H])([2H])[2H])cc1-c1ccccc1. The average molecular weight is 710 g/mol. The molecule has 0 radical (unpaired) electrons. The Morgan fingerprint density at radius 3 is 1.91 bits per heavy atom. The lowest BCUT2D eigenvalue weighted by Gasteiger charge is -2.24. The Labute approximate surface area is 327 Å². The number of hydrogen-bond donors (Lipinski definition) is 0. The monoisotopic (exact) mass is 709 g/mol. The Balaban J connectivity index is 1.24. The lowest BCUT2D eigenvalue weighted by molar-refractivity contribution is 0.483. The van der Waals surface area contributed by atoms with E-state index in [4.69, 9.17) is 17.9 Å². The number of nitrogens with zero attached hydrogens (tertiary/aromatic N) is 3. The number of ether oxygens (including phenoxy) is 1. The summed E-state index contributed by atoms with van der Waals surface area (Å²) in [5.41, 5.74) is 10.5. The maximum atomic E-state index is 8.38. The maximum absolute atomic E-state index is 8.38. The molecule has 0 fully saturated rings. The van der Waals surface area contributed by atoms with Crippen molar-refractivity contribution in [3.63, 3.8) is 0 Å². The molecule has 4 heteroatoms. The predicted octanol–water partition coefficient (Wildman–Crippen LogP) is 13.7. The van der Waals surface area contributed by atoms with Crippen LogP contribution in [0.15, 0.2) is 152 Å². The molecule has 0 unspecified atom stereocenters. The summed E-state index contributed by atoms with van der Waals surface area (Å²) in [5.74, 6) is 2.11. The summed E-state index contributed by atoms with van der Waals surface area (Å²) >= 11 is 0. The van der Waals surface area contributed by atoms with Crippen molar-refractivity contribution in [1.29, 1.82) is 0 Å². The lowest BCUT2D eigenvalue weighted by Crippen LogP contribution is -2.09. The highest BCUT2D eigenvalue weighted by molar-refractivity contribution is 5.85. The van der Waals surface area contributed by atoms with Crippen molar-refractivity contribution in [3.8, 4) is 62.1 Å². The van der Waals surface area contributed by atoms with Gasteiger partial charge in [0.25, 0.3) is 0 Å². The molecular formula is C50H45N3O. The molecule has 8 rings (SSSR count). The number of rotatable bonds is 9. The third-order valence-electron chi connectivity index (χ3n) is 9.89. The minimum atomic E-state index is -2.48. The number of benzene rings is 6. The van der Waals surface area contributed by atoms with Crippen LogP contribution in [0.1, 0.15) is 70.0 Å². The van der Waals surface area contributed by atoms with Gasteiger partial charge in [0, 0.05) is 25.5 Å². The number of fused-ring (bicyclic) bond motifs is 1. The van der Waals surface area contributed by atoms with Crippen LogP contribution in [0.2, 0.25) is 0 Å². The maximum Gasteiger partial charge on any atom is 0.145 e. The van der Waals surface area contributed by atoms with E-state index in [1.165, 1.54) is 34.5 Å². The van der Waals surface area contributed by atoms with E-state index >= 15 is 0 Å². The van der Waals surface area contributed by atoms with Crippen LogP contribution in [0, 0.1) is 13.7 Å². The summed E-state index contributed by atoms with van der Waals surface area (Å²) in [4.78, 5) is 9.76. The zero-order valence-electron chi connectivity index (χ0n) is 36.8. The highest BCUT2D eigenvalue weighted by Crippen LogP contribution is 2.41. The normalized spacial score (nSPS) is 13.6. The first kappa shape index (κ1) is 28.3. The smallest absolute Gasteiger partial charge is 0.145 e. The van der Waals surface area contributed by atoms with Crippen molar-refractivity contribution in [2.45, 2.75) is 53.2 Å². The third-order valence-corrected chi connectivity index (χ3v) is 9.89. The van der Waals surface area contributed by atoms with E-state index in [0.717, 1.165) is 28.1 Å². The van der Waals surface area contributed by atoms with Gasteiger partial charge in [-0.3, -0.25) is 9.55 Å². The van der Waals surface area contributed by atoms with Crippen LogP contribution in [-0.2, 0) is 0 Å². The minimum absolute atomic E-state index is 0.0747. The van der Waals surface area contributed by atoms with E-state index in [1.807, 2.05) is 78.9 Å². The number of pyridine rings is 1. The van der Waals surface area contributed by atoms with Gasteiger partial charge in [0.1, 0.15) is 17.3 Å². The quantitative estimate of drug-likeness (QED) is 0.150. The molecule has 0 aliphatic rings. The number of imidazole rings is 1. The average Bonchev–Trinajstić information content (AvgIpc) is 3.62. The number of aryl methyl sites for hydroxylation is 2. The van der Waals surface area contributed by atoms with Gasteiger partial charge in [-0.15, -0.1) is 0 Å². The Morgan fingerprint density at radius 2 is 1.20 bits per heavy atom. The Bertz CT molecular complexity index is 2800. The fourth-order valence-corrected chi connectivity index (χ4v) is 7.15. The van der Waals surface area contributed by atoms with Gasteiger partial charge >= 0.3 is 0 Å². The largest absolute Gasteiger partial charge is 0.457 e. The van der Waals surface area contributed by atoms with Crippen molar-refractivity contribution < 1.29 is 13.0 Å². The zero-order valence-corrected chi connectivity index (χ0v) is 30.8. The van der Waals surface area contributed by atoms with E-state index < -0.39 is 13.7 Å². The molecule has 0 spiro atoms. The fourth-order valence-electron chi connectivity index (χ4n) is 7.15. The highest BCUT2D eigenvalue weighted by atomic mass is 16.5. The molecule has 8 aromatic rings. The van der Waals surface area contributed by atoms with Crippen molar-refractivity contribution in [2.24, 2.45) is 0 Å². The van der Waals surface area contributed by atoms with Gasteiger partial charge < -0.3 is 4.74 Å². The van der Waals surface area contributed by atoms with Gasteiger partial charge in [0.15, 0.2) is 0 Å². The Kier molecular flexibility index (Phi) is 7.66. The van der Waals surface area contributed by atoms with Gasteiger partial charge in [0.05, 0.1) is 22.4 Å². The standard InChI is InChI=1S/C50H45N3O/c1-32(2)42-27-39(36-16-9-7-10-17-36)28-43(33(3)4)49(42)53-48-23-14-13-22-46(48)52-50(53)38-20-15-21-40(26-38)54-41-25-24-34(5)45(29-41)47-30-44(35(6)31-51-47)37-18-11-8-12-19-37/h7-33H,1-6H3/i5D3,6D3. The van der Waals surface area contributed by atoms with E-state index in [2.05, 4.69) is 79.7 Å². The molecule has 6 aromatic carbocycles. The van der Waals surface area contributed by atoms with Crippen LogP contribution in [0.25, 0.3) is 61.6 Å². The second kappa shape index (κ2) is 14.6. The molecule has 266 valence electrons. The molecule has 2 heterocycles. The molecule has 0 N–H and O–H groups in total. The summed E-state index contributed by atoms with van der Waals surface area (Å²) < 4.78 is 58.5. The lowest BCUT2D eigenvalue weighted by atomic mass is 9.88. The molecule has 0 bridgehead atoms. The molecule has 0 amide bonds. The third kappa shape index (κ3) is 6.72. The Morgan fingerprint density at radius 1 is 0.556 bits per heavy atom. The van der Waals surface area contributed by atoms with Crippen molar-refractivity contribution in [1.82, 2.24) is 14.5 Å². The molecule has 54 heavy (non-hydrogen) atoms. The second-order valence-electron chi connectivity index (χ2n) is 14.3. The van der Waals surface area contributed by atoms with E-state index in [-0.39, 0.29) is 23.0 Å². The number of aromatic nitrogens is 3. The van der Waals surface area contributed by atoms with Crippen LogP contribution >= 0.6 is 0 Å². The summed E-state index contributed by atoms with van der Waals surface area (Å²) in [6, 6.07) is 46.7. The summed E-state index contributed by atoms with van der Waals surface area (Å²) in [6.45, 7) is 4.02. The van der Waals surface area contributed by atoms with Crippen LogP contribution in [0.5, 0.6) is 11.5 Å². The molecular weight excluding hydrogens is 659 g/mol. The summed E-state index contributed by atoms with van der Waals surface area (Å²) in [6.07, 6.45) is 1.32.